The summed E-state index contributed by atoms with van der Waals surface area (Å²) < 4.78 is 76.9. The average Bonchev–Trinajstić information content (AvgIpc) is 1.60. The molecule has 5 aliphatic heterocycles. The summed E-state index contributed by atoms with van der Waals surface area (Å²) in [6.45, 7) is 6.27. The Labute approximate surface area is 793 Å². The number of rotatable bonds is 11. The van der Waals surface area contributed by atoms with E-state index < -0.39 is 49.8 Å². The van der Waals surface area contributed by atoms with Crippen molar-refractivity contribution in [2.45, 2.75) is 69.7 Å². The van der Waals surface area contributed by atoms with E-state index in [-0.39, 0.29) is 37.0 Å². The first kappa shape index (κ1) is 96.9. The van der Waals surface area contributed by atoms with Crippen molar-refractivity contribution in [3.8, 4) is 0 Å². The minimum atomic E-state index is -3.72. The second kappa shape index (κ2) is 45.0. The fourth-order valence-corrected chi connectivity index (χ4v) is 20.0. The fraction of sp³-hybridized carbons (Fsp3) is 0.0606. The van der Waals surface area contributed by atoms with E-state index in [0.29, 0.717) is 92.2 Å². The van der Waals surface area contributed by atoms with Gasteiger partial charge in [-0.15, -0.1) is 0 Å². The van der Waals surface area contributed by atoms with Crippen molar-refractivity contribution in [3.05, 3.63) is 406 Å². The number of aliphatic imine (C=N–C) groups is 4. The van der Waals surface area contributed by atoms with Gasteiger partial charge in [0.1, 0.15) is 5.17 Å². The van der Waals surface area contributed by atoms with Crippen molar-refractivity contribution in [1.29, 1.82) is 0 Å². The Kier molecular flexibility index (Phi) is 33.1. The van der Waals surface area contributed by atoms with Gasteiger partial charge in [-0.05, 0) is 206 Å². The number of nitrogens with zero attached hydrogens (tertiary/aromatic N) is 4. The number of nitrogens with one attached hydrogen (secondary N) is 2. The standard InChI is InChI=1S/C22H17NO4S.C22H17NO2S.C20H14N2O4S.C13H8ClNS.C13H9NOS.C9H11BO4.Cl3OP/c1-2-27-22(24)16-13-11-15(12-14-16)21-17-7-3-5-9-19(17)28(25,26)20-10-6-4-8-18(20)23-21;1-2-25-22(24)16-13-11-15(12-14-16)21-17-7-3-5-9-19(17)26-20-10-6-4-8-18(20)23-21;23-20(22-24)14-11-9-13(10-12-14)19-15-5-1-3-7-17(15)27(25,26)18-8-4-2-6-16(18)21-19;14-13-9-5-1-3-7-11(9)16-12-8-4-2-6-10(12)15-13;15-13-9-5-1-3-7-11(9)16-12-8-4-2-6-10(12)14-13;1-2-14-9(11)7-3-5-8(6-4-7)10(12)13;1-5(2,3)4/h3-14H,2H2,1H3;3-14H,2H2,1H3;1-12,24H,(H,22,23);1-8H;1-8H,(H,14,15);3-6,12-13H,2H2,1H3;. The van der Waals surface area contributed by atoms with E-state index in [9.17, 15) is 45.4 Å². The third-order valence-electron chi connectivity index (χ3n) is 19.6. The smallest absolute Gasteiger partial charge is 0.462 e. The molecule has 19 rings (SSSR count). The number of esters is 3. The van der Waals surface area contributed by atoms with Gasteiger partial charge in [0.15, 0.2) is 0 Å². The van der Waals surface area contributed by atoms with E-state index >= 15 is 0 Å². The molecule has 5 aliphatic rings. The lowest BCUT2D eigenvalue weighted by Gasteiger charge is -2.10. The van der Waals surface area contributed by atoms with Gasteiger partial charge in [-0.25, -0.2) is 56.7 Å². The first-order valence-electron chi connectivity index (χ1n) is 40.3. The number of hydrogen-bond donors (Lipinski definition) is 5. The molecule has 0 saturated heterocycles. The minimum Gasteiger partial charge on any atom is -0.462 e. The quantitative estimate of drug-likeness (QED) is 0.0201. The lowest BCUT2D eigenvalue weighted by atomic mass is 9.80. The first-order chi connectivity index (χ1) is 63.6. The molecular weight excluding hydrogens is 1870 g/mol. The predicted octanol–water partition coefficient (Wildman–Crippen LogP) is 23.0. The molecule has 664 valence electrons. The van der Waals surface area contributed by atoms with Gasteiger partial charge in [0.25, 0.3) is 11.8 Å². The zero-order chi connectivity index (χ0) is 93.6. The molecule has 0 spiro atoms. The van der Waals surface area contributed by atoms with Gasteiger partial charge >= 0.3 is 30.2 Å². The number of amides is 2. The van der Waals surface area contributed by atoms with Crippen LogP contribution >= 0.6 is 85.8 Å². The number of ether oxygens (including phenoxy) is 3. The normalized spacial score (nSPS) is 13.1. The van der Waals surface area contributed by atoms with Crippen molar-refractivity contribution in [3.63, 3.8) is 0 Å². The highest BCUT2D eigenvalue weighted by atomic mass is 36.0. The summed E-state index contributed by atoms with van der Waals surface area (Å²) in [5.74, 6) is -1.77. The van der Waals surface area contributed by atoms with E-state index in [1.165, 1.54) is 41.3 Å². The average molecular weight is 1950 g/mol. The molecule has 0 fully saturated rings. The Balaban J connectivity index is 0.000000136. The maximum absolute atomic E-state index is 13.2. The van der Waals surface area contributed by atoms with Crippen LogP contribution in [0.15, 0.2) is 409 Å². The number of carbonyl (C=O) groups excluding carboxylic acids is 5. The molecule has 14 aromatic carbocycles. The van der Waals surface area contributed by atoms with Gasteiger partial charge in [0.05, 0.1) is 107 Å². The molecule has 0 bridgehead atoms. The SMILES string of the molecule is CCOC(=O)c1ccc(B(O)O)cc1.CCOC(=O)c1ccc(C2=Nc3ccccc3S(=O)(=O)c3ccccc32)cc1.CCOC(=O)c1ccc(C2=Nc3ccccc3Sc3ccccc32)cc1.ClC1=Nc2ccccc2Sc2ccccc21.O=C(NO)c1ccc(C2=Nc3ccccc3S(=O)(=O)c3ccccc32)cc1.O=C1Nc2ccccc2Sc2ccccc21.O=P(Cl)(Cl)Cl. The zero-order valence-electron chi connectivity index (χ0n) is 70.0. The predicted molar refractivity (Wildman–Crippen MR) is 521 cm³/mol. The summed E-state index contributed by atoms with van der Waals surface area (Å²) in [6, 6.07) is 101. The Morgan fingerprint density at radius 3 is 1.08 bits per heavy atom. The highest BCUT2D eigenvalue weighted by Gasteiger charge is 2.32. The monoisotopic (exact) mass is 1950 g/mol. The van der Waals surface area contributed by atoms with E-state index in [4.69, 9.17) is 46.1 Å². The summed E-state index contributed by atoms with van der Waals surface area (Å²) in [5, 5.41) is 26.6. The van der Waals surface area contributed by atoms with Crippen molar-refractivity contribution >= 4 is 199 Å². The van der Waals surface area contributed by atoms with Gasteiger partial charge in [0, 0.05) is 73.9 Å². The number of anilines is 1. The molecule has 22 nitrogen and oxygen atoms in total. The molecule has 14 aromatic rings. The number of benzene rings is 14. The van der Waals surface area contributed by atoms with Crippen LogP contribution in [0.4, 0.5) is 28.4 Å². The van der Waals surface area contributed by atoms with Gasteiger partial charge in [-0.1, -0.05) is 241 Å². The Bertz CT molecular complexity index is 7090. The van der Waals surface area contributed by atoms with Crippen LogP contribution < -0.4 is 16.3 Å². The van der Waals surface area contributed by atoms with Gasteiger partial charge < -0.3 is 29.6 Å². The molecule has 0 atom stereocenters. The van der Waals surface area contributed by atoms with E-state index in [1.807, 2.05) is 127 Å². The maximum Gasteiger partial charge on any atom is 0.488 e. The number of sulfone groups is 2. The van der Waals surface area contributed by atoms with Crippen molar-refractivity contribution in [1.82, 2.24) is 5.48 Å². The highest BCUT2D eigenvalue weighted by Crippen LogP contribution is 2.61. The van der Waals surface area contributed by atoms with Crippen LogP contribution in [0.5, 0.6) is 0 Å². The largest absolute Gasteiger partial charge is 0.488 e. The lowest BCUT2D eigenvalue weighted by Crippen LogP contribution is -2.29. The molecule has 132 heavy (non-hydrogen) atoms. The van der Waals surface area contributed by atoms with Crippen molar-refractivity contribution in [2.24, 2.45) is 20.0 Å². The Hall–Kier alpha value is -12.6. The van der Waals surface area contributed by atoms with E-state index in [0.717, 1.165) is 69.5 Å². The molecule has 0 unspecified atom stereocenters. The first-order valence-corrected chi connectivity index (χ1v) is 50.5. The van der Waals surface area contributed by atoms with Crippen LogP contribution in [0.1, 0.15) is 112 Å². The third kappa shape index (κ3) is 24.2. The topological polar surface area (TPSA) is 333 Å². The van der Waals surface area contributed by atoms with Crippen LogP contribution in [0.25, 0.3) is 0 Å². The Morgan fingerprint density at radius 2 is 0.667 bits per heavy atom. The number of para-hydroxylation sites is 5. The minimum absolute atomic E-state index is 0.0342. The van der Waals surface area contributed by atoms with Crippen LogP contribution in [0, 0.1) is 0 Å². The Morgan fingerprint density at radius 1 is 0.371 bits per heavy atom. The van der Waals surface area contributed by atoms with E-state index in [2.05, 4.69) is 84.3 Å². The second-order valence-corrected chi connectivity index (χ2v) is 42.1. The summed E-state index contributed by atoms with van der Waals surface area (Å²) in [7, 11) is -8.92. The molecule has 5 heterocycles. The van der Waals surface area contributed by atoms with Gasteiger partial charge in [0.2, 0.25) is 19.7 Å². The molecule has 5 N–H and O–H groups in total. The van der Waals surface area contributed by atoms with Crippen molar-refractivity contribution in [2.75, 3.05) is 25.1 Å². The molecule has 2 amide bonds. The van der Waals surface area contributed by atoms with Crippen LogP contribution in [-0.4, -0.2) is 111 Å². The van der Waals surface area contributed by atoms with Crippen LogP contribution in [0.3, 0.4) is 0 Å². The summed E-state index contributed by atoms with van der Waals surface area (Å²) in [6.07, 6.45) is 0. The molecule has 0 radical (unpaired) electrons. The summed E-state index contributed by atoms with van der Waals surface area (Å²) in [5.41, 5.74) is 15.3. The second-order valence-electron chi connectivity index (χ2n) is 28.1. The summed E-state index contributed by atoms with van der Waals surface area (Å²) >= 11 is 25.1. The van der Waals surface area contributed by atoms with Crippen molar-refractivity contribution < 1.29 is 74.8 Å². The third-order valence-corrected chi connectivity index (χ3v) is 27.0. The van der Waals surface area contributed by atoms with Gasteiger partial charge in [-0.3, -0.25) is 19.4 Å². The number of carbonyl (C=O) groups is 5. The fourth-order valence-electron chi connectivity index (χ4n) is 13.5. The molecule has 0 aromatic heterocycles. The highest BCUT2D eigenvalue weighted by molar-refractivity contribution is 8.24. The van der Waals surface area contributed by atoms with Crippen LogP contribution in [0.2, 0.25) is 0 Å². The number of hydrogen-bond acceptors (Lipinski definition) is 23. The number of halogens is 4. The molecule has 0 aliphatic carbocycles. The summed E-state index contributed by atoms with van der Waals surface area (Å²) in [4.78, 5) is 84.6. The van der Waals surface area contributed by atoms with Gasteiger partial charge in [-0.2, -0.15) is 0 Å². The molecule has 33 heteroatoms. The maximum atomic E-state index is 13.2. The number of fused-ring (bicyclic) bond motifs is 10. The molecular formula is C99H76BCl4N6O16PS5. The van der Waals surface area contributed by atoms with E-state index in [1.54, 1.807) is 207 Å². The lowest BCUT2D eigenvalue weighted by molar-refractivity contribution is 0.0516. The number of hydroxylamine groups is 1. The van der Waals surface area contributed by atoms with Crippen LogP contribution in [-0.2, 0) is 38.5 Å². The zero-order valence-corrected chi connectivity index (χ0v) is 78.0. The molecule has 0 saturated carbocycles.